The Morgan fingerprint density at radius 3 is 2.67 bits per heavy atom. The molecule has 4 heteroatoms. The van der Waals surface area contributed by atoms with Crippen molar-refractivity contribution in [3.63, 3.8) is 0 Å². The molecule has 0 bridgehead atoms. The van der Waals surface area contributed by atoms with Gasteiger partial charge in [0.25, 0.3) is 0 Å². The van der Waals surface area contributed by atoms with Gasteiger partial charge in [-0.3, -0.25) is 4.72 Å². The molecule has 0 saturated heterocycles. The third-order valence-electron chi connectivity index (χ3n) is 1.24. The Bertz CT molecular complexity index is 248. The van der Waals surface area contributed by atoms with E-state index < -0.39 is 0 Å². The van der Waals surface area contributed by atoms with Gasteiger partial charge in [0.05, 0.1) is 6.54 Å². The molecule has 0 aliphatic carbocycles. The molecule has 3 N–H and O–H groups in total. The highest BCUT2D eigenvalue weighted by atomic mass is 32.2. The van der Waals surface area contributed by atoms with E-state index in [9.17, 15) is 4.79 Å². The fourth-order valence-electron chi connectivity index (χ4n) is 0.695. The molecule has 0 atom stereocenters. The Hall–Kier alpha value is -1.00. The summed E-state index contributed by atoms with van der Waals surface area (Å²) < 4.78 is 2.88. The van der Waals surface area contributed by atoms with Crippen LogP contribution >= 0.6 is 11.9 Å². The highest BCUT2D eigenvalue weighted by Gasteiger charge is 1.91. The minimum Gasteiger partial charge on any atom is -0.399 e. The maximum atomic E-state index is 9.95. The summed E-state index contributed by atoms with van der Waals surface area (Å²) in [4.78, 5) is 11.0. The second kappa shape index (κ2) is 4.79. The number of hydrogen-bond donors (Lipinski definition) is 2. The van der Waals surface area contributed by atoms with Gasteiger partial charge in [-0.15, -0.1) is 0 Å². The van der Waals surface area contributed by atoms with Gasteiger partial charge in [-0.05, 0) is 36.2 Å². The fraction of sp³-hybridized carbons (Fsp3) is 0.125. The number of nitrogens with one attached hydrogen (secondary N) is 1. The minimum absolute atomic E-state index is 0.356. The van der Waals surface area contributed by atoms with Crippen molar-refractivity contribution in [2.75, 3.05) is 12.3 Å². The van der Waals surface area contributed by atoms with Crippen molar-refractivity contribution >= 4 is 23.9 Å². The first-order chi connectivity index (χ1) is 5.83. The molecule has 1 aromatic rings. The molecule has 12 heavy (non-hydrogen) atoms. The smallest absolute Gasteiger partial charge is 0.134 e. The van der Waals surface area contributed by atoms with Crippen molar-refractivity contribution in [1.82, 2.24) is 4.72 Å². The molecule has 0 fully saturated rings. The van der Waals surface area contributed by atoms with Crippen molar-refractivity contribution in [3.8, 4) is 0 Å². The number of carbonyl (C=O) groups excluding carboxylic acids is 1. The van der Waals surface area contributed by atoms with Crippen LogP contribution < -0.4 is 10.5 Å². The molecule has 1 rings (SSSR count). The summed E-state index contributed by atoms with van der Waals surface area (Å²) in [7, 11) is 0. The lowest BCUT2D eigenvalue weighted by molar-refractivity contribution is -0.106. The van der Waals surface area contributed by atoms with Gasteiger partial charge in [0.1, 0.15) is 6.29 Å². The summed E-state index contributed by atoms with van der Waals surface area (Å²) in [5.74, 6) is 0. The lowest BCUT2D eigenvalue weighted by Crippen LogP contribution is -2.05. The van der Waals surface area contributed by atoms with Crippen LogP contribution in [0.1, 0.15) is 0 Å². The van der Waals surface area contributed by atoms with Crippen molar-refractivity contribution in [2.24, 2.45) is 0 Å². The predicted molar refractivity (Wildman–Crippen MR) is 50.8 cm³/mol. The van der Waals surface area contributed by atoms with E-state index in [4.69, 9.17) is 5.73 Å². The number of carbonyl (C=O) groups is 1. The molecule has 0 unspecified atom stereocenters. The SMILES string of the molecule is Nc1ccc(SNCC=O)cc1. The van der Waals surface area contributed by atoms with Crippen LogP contribution in [0.3, 0.4) is 0 Å². The summed E-state index contributed by atoms with van der Waals surface area (Å²) in [6, 6.07) is 7.45. The van der Waals surface area contributed by atoms with E-state index in [1.165, 1.54) is 11.9 Å². The zero-order valence-electron chi connectivity index (χ0n) is 6.49. The fourth-order valence-corrected chi connectivity index (χ4v) is 1.29. The Labute approximate surface area is 75.5 Å². The minimum atomic E-state index is 0.356. The van der Waals surface area contributed by atoms with Gasteiger partial charge in [-0.25, -0.2) is 0 Å². The number of nitrogen functional groups attached to an aromatic ring is 1. The van der Waals surface area contributed by atoms with E-state index in [-0.39, 0.29) is 0 Å². The molecule has 1 aromatic carbocycles. The second-order valence-electron chi connectivity index (χ2n) is 2.19. The topological polar surface area (TPSA) is 55.1 Å². The van der Waals surface area contributed by atoms with Crippen LogP contribution in [0.5, 0.6) is 0 Å². The van der Waals surface area contributed by atoms with Gasteiger partial charge in [-0.1, -0.05) is 0 Å². The van der Waals surface area contributed by atoms with Gasteiger partial charge in [0.2, 0.25) is 0 Å². The molecule has 64 valence electrons. The molecule has 0 aromatic heterocycles. The number of hydrogen-bond acceptors (Lipinski definition) is 4. The summed E-state index contributed by atoms with van der Waals surface area (Å²) in [5, 5.41) is 0. The first-order valence-electron chi connectivity index (χ1n) is 3.52. The highest BCUT2D eigenvalue weighted by molar-refractivity contribution is 7.97. The number of rotatable bonds is 4. The molecule has 3 nitrogen and oxygen atoms in total. The first kappa shape index (κ1) is 9.09. The van der Waals surface area contributed by atoms with Crippen LogP contribution in [-0.2, 0) is 4.79 Å². The maximum Gasteiger partial charge on any atom is 0.134 e. The molecule has 0 aliphatic heterocycles. The second-order valence-corrected chi connectivity index (χ2v) is 3.15. The molecule has 0 saturated carbocycles. The zero-order chi connectivity index (χ0) is 8.81. The third-order valence-corrected chi connectivity index (χ3v) is 2.06. The Balaban J connectivity index is 2.42. The monoisotopic (exact) mass is 182 g/mol. The van der Waals surface area contributed by atoms with Crippen LogP contribution in [0.15, 0.2) is 29.2 Å². The average Bonchev–Trinajstić information content (AvgIpc) is 2.09. The van der Waals surface area contributed by atoms with Gasteiger partial charge < -0.3 is 10.5 Å². The Morgan fingerprint density at radius 1 is 1.42 bits per heavy atom. The van der Waals surface area contributed by atoms with Crippen molar-refractivity contribution < 1.29 is 4.79 Å². The third kappa shape index (κ3) is 2.94. The first-order valence-corrected chi connectivity index (χ1v) is 4.33. The van der Waals surface area contributed by atoms with Crippen molar-refractivity contribution in [2.45, 2.75) is 4.90 Å². The number of nitrogens with two attached hydrogens (primary N) is 1. The largest absolute Gasteiger partial charge is 0.399 e. The van der Waals surface area contributed by atoms with Crippen LogP contribution in [0.4, 0.5) is 5.69 Å². The maximum absolute atomic E-state index is 9.95. The van der Waals surface area contributed by atoms with Gasteiger partial charge in [-0.2, -0.15) is 0 Å². The zero-order valence-corrected chi connectivity index (χ0v) is 7.30. The summed E-state index contributed by atoms with van der Waals surface area (Å²) in [6.07, 6.45) is 0.824. The normalized spacial score (nSPS) is 9.67. The van der Waals surface area contributed by atoms with Crippen LogP contribution in [0.25, 0.3) is 0 Å². The highest BCUT2D eigenvalue weighted by Crippen LogP contribution is 2.15. The van der Waals surface area contributed by atoms with E-state index in [2.05, 4.69) is 4.72 Å². The molecule has 0 heterocycles. The van der Waals surface area contributed by atoms with E-state index in [0.717, 1.165) is 16.9 Å². The lowest BCUT2D eigenvalue weighted by atomic mass is 10.3. The number of benzene rings is 1. The number of aldehydes is 1. The van der Waals surface area contributed by atoms with Crippen molar-refractivity contribution in [1.29, 1.82) is 0 Å². The van der Waals surface area contributed by atoms with Gasteiger partial charge in [0.15, 0.2) is 0 Å². The lowest BCUT2D eigenvalue weighted by Gasteiger charge is -1.99. The van der Waals surface area contributed by atoms with E-state index in [1.54, 1.807) is 0 Å². The Morgan fingerprint density at radius 2 is 2.08 bits per heavy atom. The summed E-state index contributed by atoms with van der Waals surface area (Å²) in [5.41, 5.74) is 6.24. The van der Waals surface area contributed by atoms with Crippen LogP contribution in [-0.4, -0.2) is 12.8 Å². The molecule has 0 aliphatic rings. The van der Waals surface area contributed by atoms with E-state index in [0.29, 0.717) is 6.54 Å². The van der Waals surface area contributed by atoms with Gasteiger partial charge in [0, 0.05) is 10.6 Å². The Kier molecular flexibility index (Phi) is 3.63. The quantitative estimate of drug-likeness (QED) is 0.316. The molecule has 0 amide bonds. The summed E-state index contributed by atoms with van der Waals surface area (Å²) >= 11 is 1.42. The molecule has 0 radical (unpaired) electrons. The molecular weight excluding hydrogens is 172 g/mol. The average molecular weight is 182 g/mol. The standard InChI is InChI=1S/C8H10N2OS/c9-7-1-3-8(4-2-7)12-10-5-6-11/h1-4,6,10H,5,9H2. The summed E-state index contributed by atoms with van der Waals surface area (Å²) in [6.45, 7) is 0.356. The van der Waals surface area contributed by atoms with Gasteiger partial charge >= 0.3 is 0 Å². The van der Waals surface area contributed by atoms with Crippen molar-refractivity contribution in [3.05, 3.63) is 24.3 Å². The van der Waals surface area contributed by atoms with E-state index in [1.807, 2.05) is 24.3 Å². The predicted octanol–water partition coefficient (Wildman–Crippen LogP) is 1.06. The van der Waals surface area contributed by atoms with E-state index >= 15 is 0 Å². The molecular formula is C8H10N2OS. The number of anilines is 1. The van der Waals surface area contributed by atoms with Crippen LogP contribution in [0, 0.1) is 0 Å². The van der Waals surface area contributed by atoms with Crippen LogP contribution in [0.2, 0.25) is 0 Å². The molecule has 0 spiro atoms.